The highest BCUT2D eigenvalue weighted by Gasteiger charge is 2.37. The highest BCUT2D eigenvalue weighted by atomic mass is 16.6. The normalized spacial score (nSPS) is 17.4. The van der Waals surface area contributed by atoms with Gasteiger partial charge >= 0.3 is 12.1 Å². The molecular formula is C38H43N3O6. The molecule has 1 aliphatic heterocycles. The molecule has 5 rings (SSSR count). The second kappa shape index (κ2) is 15.1. The van der Waals surface area contributed by atoms with Crippen molar-refractivity contribution in [2.75, 3.05) is 29.9 Å². The molecule has 0 spiro atoms. The maximum Gasteiger partial charge on any atom is 0.412 e. The quantitative estimate of drug-likeness (QED) is 0.180. The van der Waals surface area contributed by atoms with Crippen molar-refractivity contribution in [1.29, 1.82) is 0 Å². The molecule has 246 valence electrons. The van der Waals surface area contributed by atoms with Crippen LogP contribution in [0.25, 0.3) is 0 Å². The zero-order valence-electron chi connectivity index (χ0n) is 27.4. The first kappa shape index (κ1) is 33.5. The van der Waals surface area contributed by atoms with Gasteiger partial charge in [-0.15, -0.1) is 0 Å². The third kappa shape index (κ3) is 9.10. The highest BCUT2D eigenvalue weighted by molar-refractivity contribution is 6.05. The smallest absolute Gasteiger partial charge is 0.412 e. The average molecular weight is 638 g/mol. The van der Waals surface area contributed by atoms with Crippen molar-refractivity contribution in [3.05, 3.63) is 120 Å². The fourth-order valence-corrected chi connectivity index (χ4v) is 5.99. The summed E-state index contributed by atoms with van der Waals surface area (Å²) >= 11 is 0. The number of hydrogen-bond donors (Lipinski definition) is 1. The van der Waals surface area contributed by atoms with Crippen LogP contribution in [0.5, 0.6) is 0 Å². The summed E-state index contributed by atoms with van der Waals surface area (Å²) in [5.74, 6) is -0.711. The Morgan fingerprint density at radius 2 is 1.68 bits per heavy atom. The van der Waals surface area contributed by atoms with E-state index in [4.69, 9.17) is 13.9 Å². The zero-order valence-corrected chi connectivity index (χ0v) is 27.4. The number of benzene rings is 3. The summed E-state index contributed by atoms with van der Waals surface area (Å²) in [7, 11) is 0. The minimum absolute atomic E-state index is 0.0434. The number of ether oxygens (including phenoxy) is 2. The van der Waals surface area contributed by atoms with E-state index in [0.29, 0.717) is 37.4 Å². The minimum atomic E-state index is -0.648. The molecule has 0 saturated carbocycles. The van der Waals surface area contributed by atoms with Gasteiger partial charge < -0.3 is 23.7 Å². The standard InChI is InChI=1S/C38H43N3O6/c1-27-24-40(25-32(29-15-9-6-10-16-29)36(43)46-26-28-13-7-5-8-14-28)21-20-33(27)41(35(42)34-19-12-22-45-34)31-18-11-17-30(23-31)39-37(44)47-38(2,3)4/h5-19,22-23,27,32-33H,20-21,24-26H2,1-4H3,(H,39,44). The van der Waals surface area contributed by atoms with Crippen LogP contribution in [0, 0.1) is 5.92 Å². The summed E-state index contributed by atoms with van der Waals surface area (Å²) < 4.78 is 16.8. The van der Waals surface area contributed by atoms with Crippen LogP contribution >= 0.6 is 0 Å². The van der Waals surface area contributed by atoms with Crippen LogP contribution in [-0.2, 0) is 20.9 Å². The molecule has 4 aromatic rings. The summed E-state index contributed by atoms with van der Waals surface area (Å²) in [6.45, 7) is 9.57. The number of likely N-dealkylation sites (tertiary alicyclic amines) is 1. The molecule has 1 N–H and O–H groups in total. The van der Waals surface area contributed by atoms with Crippen LogP contribution in [0.4, 0.5) is 16.2 Å². The largest absolute Gasteiger partial charge is 0.460 e. The van der Waals surface area contributed by atoms with Crippen LogP contribution in [-0.4, -0.2) is 54.1 Å². The van der Waals surface area contributed by atoms with Crippen LogP contribution in [0.1, 0.15) is 61.7 Å². The predicted molar refractivity (Wildman–Crippen MR) is 181 cm³/mol. The molecule has 0 aliphatic carbocycles. The third-order valence-electron chi connectivity index (χ3n) is 8.15. The molecule has 0 radical (unpaired) electrons. The zero-order chi connectivity index (χ0) is 33.4. The molecule has 1 saturated heterocycles. The number of anilines is 2. The van der Waals surface area contributed by atoms with Crippen LogP contribution in [0.3, 0.4) is 0 Å². The Bertz CT molecular complexity index is 1620. The number of nitrogens with zero attached hydrogens (tertiary/aromatic N) is 2. The summed E-state index contributed by atoms with van der Waals surface area (Å²) in [5, 5.41) is 2.78. The monoisotopic (exact) mass is 637 g/mol. The van der Waals surface area contributed by atoms with Crippen LogP contribution < -0.4 is 10.2 Å². The van der Waals surface area contributed by atoms with Gasteiger partial charge in [-0.25, -0.2) is 4.79 Å². The minimum Gasteiger partial charge on any atom is -0.460 e. The Labute approximate surface area is 276 Å². The lowest BCUT2D eigenvalue weighted by Crippen LogP contribution is -2.53. The summed E-state index contributed by atoms with van der Waals surface area (Å²) in [4.78, 5) is 44.0. The molecule has 1 aliphatic rings. The lowest BCUT2D eigenvalue weighted by atomic mass is 9.90. The predicted octanol–water partition coefficient (Wildman–Crippen LogP) is 7.51. The van der Waals surface area contributed by atoms with Crippen molar-refractivity contribution < 1.29 is 28.3 Å². The SMILES string of the molecule is CC1CN(CC(C(=O)OCc2ccccc2)c2ccccc2)CCC1N(C(=O)c1ccco1)c1cccc(NC(=O)OC(C)(C)C)c1. The molecule has 9 nitrogen and oxygen atoms in total. The lowest BCUT2D eigenvalue weighted by molar-refractivity contribution is -0.147. The van der Waals surface area contributed by atoms with E-state index in [1.807, 2.05) is 66.7 Å². The molecule has 47 heavy (non-hydrogen) atoms. The first-order chi connectivity index (χ1) is 22.6. The summed E-state index contributed by atoms with van der Waals surface area (Å²) in [6, 6.07) is 29.8. The molecule has 3 unspecified atom stereocenters. The molecule has 1 fully saturated rings. The van der Waals surface area contributed by atoms with Gasteiger partial charge in [-0.3, -0.25) is 14.9 Å². The van der Waals surface area contributed by atoms with Crippen LogP contribution in [0.15, 0.2) is 108 Å². The van der Waals surface area contributed by atoms with Crippen molar-refractivity contribution in [3.8, 4) is 0 Å². The van der Waals surface area contributed by atoms with E-state index in [2.05, 4.69) is 17.1 Å². The molecule has 3 aromatic carbocycles. The molecule has 1 aromatic heterocycles. The van der Waals surface area contributed by atoms with Crippen molar-refractivity contribution >= 4 is 29.3 Å². The van der Waals surface area contributed by atoms with Gasteiger partial charge in [0.15, 0.2) is 5.76 Å². The highest BCUT2D eigenvalue weighted by Crippen LogP contribution is 2.32. The lowest BCUT2D eigenvalue weighted by Gasteiger charge is -2.43. The Kier molecular flexibility index (Phi) is 10.8. The second-order valence-electron chi connectivity index (χ2n) is 13.0. The van der Waals surface area contributed by atoms with Gasteiger partial charge in [0.25, 0.3) is 5.91 Å². The summed E-state index contributed by atoms with van der Waals surface area (Å²) in [6.07, 6.45) is 1.58. The number of hydrogen-bond acceptors (Lipinski definition) is 7. The van der Waals surface area contributed by atoms with Crippen LogP contribution in [0.2, 0.25) is 0 Å². The number of carbonyl (C=O) groups excluding carboxylic acids is 3. The Morgan fingerprint density at radius 1 is 0.957 bits per heavy atom. The molecule has 9 heteroatoms. The van der Waals surface area contributed by atoms with Crippen molar-refractivity contribution in [1.82, 2.24) is 4.90 Å². The van der Waals surface area contributed by atoms with Gasteiger partial charge in [0.2, 0.25) is 0 Å². The number of nitrogens with one attached hydrogen (secondary N) is 1. The van der Waals surface area contributed by atoms with Gasteiger partial charge in [0, 0.05) is 37.1 Å². The van der Waals surface area contributed by atoms with E-state index < -0.39 is 17.6 Å². The topological polar surface area (TPSA) is 101 Å². The van der Waals surface area contributed by atoms with E-state index in [-0.39, 0.29) is 36.2 Å². The van der Waals surface area contributed by atoms with Crippen molar-refractivity contribution in [3.63, 3.8) is 0 Å². The molecule has 2 heterocycles. The van der Waals surface area contributed by atoms with Crippen molar-refractivity contribution in [2.24, 2.45) is 5.92 Å². The van der Waals surface area contributed by atoms with Gasteiger partial charge in [0.05, 0.1) is 12.2 Å². The van der Waals surface area contributed by atoms with Crippen molar-refractivity contribution in [2.45, 2.75) is 58.3 Å². The third-order valence-corrected chi connectivity index (χ3v) is 8.15. The first-order valence-electron chi connectivity index (χ1n) is 16.0. The maximum absolute atomic E-state index is 13.9. The van der Waals surface area contributed by atoms with E-state index >= 15 is 0 Å². The van der Waals surface area contributed by atoms with Gasteiger partial charge in [0.1, 0.15) is 12.2 Å². The first-order valence-corrected chi connectivity index (χ1v) is 16.0. The van der Waals surface area contributed by atoms with Gasteiger partial charge in [-0.05, 0) is 74.6 Å². The van der Waals surface area contributed by atoms with E-state index in [1.165, 1.54) is 6.26 Å². The molecule has 2 amide bonds. The number of carbonyl (C=O) groups is 3. The summed E-state index contributed by atoms with van der Waals surface area (Å²) in [5.41, 5.74) is 2.35. The number of rotatable bonds is 10. The Hall–Kier alpha value is -4.89. The number of amides is 2. The molecule has 0 bridgehead atoms. The Morgan fingerprint density at radius 3 is 2.34 bits per heavy atom. The fourth-order valence-electron chi connectivity index (χ4n) is 5.99. The number of piperidine rings is 1. The molecule has 3 atom stereocenters. The molecular weight excluding hydrogens is 594 g/mol. The average Bonchev–Trinajstić information content (AvgIpc) is 3.59. The van der Waals surface area contributed by atoms with E-state index in [0.717, 1.165) is 11.1 Å². The Balaban J connectivity index is 1.33. The fraction of sp³-hybridized carbons (Fsp3) is 0.342. The van der Waals surface area contributed by atoms with E-state index in [9.17, 15) is 14.4 Å². The maximum atomic E-state index is 13.9. The number of furan rings is 1. The van der Waals surface area contributed by atoms with E-state index in [1.54, 1.807) is 56.0 Å². The second-order valence-corrected chi connectivity index (χ2v) is 13.0. The van der Waals surface area contributed by atoms with Gasteiger partial charge in [-0.2, -0.15) is 0 Å². The number of esters is 1. The van der Waals surface area contributed by atoms with Gasteiger partial charge in [-0.1, -0.05) is 73.7 Å².